The van der Waals surface area contributed by atoms with Crippen molar-refractivity contribution in [2.75, 3.05) is 13.1 Å². The maximum Gasteiger partial charge on any atom is 0.0798 e. The molecule has 0 radical (unpaired) electrons. The van der Waals surface area contributed by atoms with E-state index in [9.17, 15) is 5.11 Å². The van der Waals surface area contributed by atoms with Crippen LogP contribution in [0.2, 0.25) is 0 Å². The molecule has 104 valence electrons. The van der Waals surface area contributed by atoms with Crippen molar-refractivity contribution in [3.63, 3.8) is 0 Å². The normalized spacial score (nSPS) is 15.1. The van der Waals surface area contributed by atoms with E-state index in [4.69, 9.17) is 0 Å². The fourth-order valence-electron chi connectivity index (χ4n) is 1.99. The molecule has 0 aliphatic carbocycles. The number of aliphatic hydroxyl groups is 1. The first-order valence-electron chi connectivity index (χ1n) is 6.79. The SMILES string of the molecule is CCc1cc(CC(C)(O)CNCC(C)C)n(C)n1. The Kier molecular flexibility index (Phi) is 5.35. The summed E-state index contributed by atoms with van der Waals surface area (Å²) in [6, 6.07) is 2.08. The molecule has 0 spiro atoms. The van der Waals surface area contributed by atoms with E-state index in [0.29, 0.717) is 18.9 Å². The predicted molar refractivity (Wildman–Crippen MR) is 74.6 cm³/mol. The molecular formula is C14H27N3O. The molecule has 1 unspecified atom stereocenters. The molecule has 0 amide bonds. The highest BCUT2D eigenvalue weighted by Gasteiger charge is 2.22. The van der Waals surface area contributed by atoms with Gasteiger partial charge in [0.1, 0.15) is 0 Å². The number of aryl methyl sites for hydroxylation is 2. The molecule has 4 nitrogen and oxygen atoms in total. The van der Waals surface area contributed by atoms with Crippen molar-refractivity contribution >= 4 is 0 Å². The van der Waals surface area contributed by atoms with Crippen molar-refractivity contribution in [3.05, 3.63) is 17.5 Å². The van der Waals surface area contributed by atoms with Gasteiger partial charge in [0.25, 0.3) is 0 Å². The summed E-state index contributed by atoms with van der Waals surface area (Å²) in [5.41, 5.74) is 1.44. The van der Waals surface area contributed by atoms with Gasteiger partial charge < -0.3 is 10.4 Å². The molecule has 0 fully saturated rings. The fourth-order valence-corrected chi connectivity index (χ4v) is 1.99. The number of aromatic nitrogens is 2. The molecule has 1 atom stereocenters. The Morgan fingerprint density at radius 3 is 2.67 bits per heavy atom. The number of hydrogen-bond donors (Lipinski definition) is 2. The van der Waals surface area contributed by atoms with Crippen LogP contribution in [0.15, 0.2) is 6.07 Å². The Morgan fingerprint density at radius 1 is 1.50 bits per heavy atom. The van der Waals surface area contributed by atoms with Gasteiger partial charge in [-0.3, -0.25) is 4.68 Å². The van der Waals surface area contributed by atoms with Gasteiger partial charge in [-0.2, -0.15) is 5.10 Å². The third kappa shape index (κ3) is 4.78. The summed E-state index contributed by atoms with van der Waals surface area (Å²) >= 11 is 0. The molecule has 1 heterocycles. The molecule has 0 aliphatic rings. The summed E-state index contributed by atoms with van der Waals surface area (Å²) in [4.78, 5) is 0. The van der Waals surface area contributed by atoms with Crippen molar-refractivity contribution < 1.29 is 5.11 Å². The maximum absolute atomic E-state index is 10.4. The molecule has 0 aliphatic heterocycles. The standard InChI is InChI=1S/C14H27N3O/c1-6-12-7-13(17(5)16-12)8-14(4,18)10-15-9-11(2)3/h7,11,15,18H,6,8-10H2,1-5H3. The van der Waals surface area contributed by atoms with Crippen LogP contribution in [-0.2, 0) is 19.9 Å². The zero-order chi connectivity index (χ0) is 13.8. The van der Waals surface area contributed by atoms with Gasteiger partial charge in [-0.05, 0) is 31.9 Å². The number of hydrogen-bond acceptors (Lipinski definition) is 3. The number of nitrogens with zero attached hydrogens (tertiary/aromatic N) is 2. The summed E-state index contributed by atoms with van der Waals surface area (Å²) < 4.78 is 1.87. The predicted octanol–water partition coefficient (Wildman–Crippen LogP) is 1.52. The molecule has 2 N–H and O–H groups in total. The third-order valence-electron chi connectivity index (χ3n) is 3.01. The largest absolute Gasteiger partial charge is 0.388 e. The van der Waals surface area contributed by atoms with Crippen molar-refractivity contribution in [2.45, 2.75) is 46.1 Å². The first-order valence-corrected chi connectivity index (χ1v) is 6.79. The summed E-state index contributed by atoms with van der Waals surface area (Å²) in [6.45, 7) is 9.83. The van der Waals surface area contributed by atoms with Crippen LogP contribution in [0.25, 0.3) is 0 Å². The molecule has 1 aromatic heterocycles. The van der Waals surface area contributed by atoms with E-state index in [1.807, 2.05) is 18.7 Å². The van der Waals surface area contributed by atoms with E-state index in [2.05, 4.69) is 37.3 Å². The summed E-state index contributed by atoms with van der Waals surface area (Å²) in [5, 5.41) is 18.1. The highest BCUT2D eigenvalue weighted by atomic mass is 16.3. The molecule has 0 aromatic carbocycles. The lowest BCUT2D eigenvalue weighted by Crippen LogP contribution is -2.41. The van der Waals surface area contributed by atoms with Crippen LogP contribution >= 0.6 is 0 Å². The summed E-state index contributed by atoms with van der Waals surface area (Å²) in [5.74, 6) is 0.601. The first kappa shape index (κ1) is 15.2. The van der Waals surface area contributed by atoms with Gasteiger partial charge in [-0.25, -0.2) is 0 Å². The average molecular weight is 253 g/mol. The molecule has 4 heteroatoms. The van der Waals surface area contributed by atoms with Crippen LogP contribution in [0.1, 0.15) is 39.1 Å². The van der Waals surface area contributed by atoms with Crippen molar-refractivity contribution in [1.29, 1.82) is 0 Å². The molecule has 18 heavy (non-hydrogen) atoms. The second-order valence-corrected chi connectivity index (χ2v) is 5.80. The molecule has 0 saturated carbocycles. The van der Waals surface area contributed by atoms with Gasteiger partial charge in [0.2, 0.25) is 0 Å². The molecule has 1 aromatic rings. The van der Waals surface area contributed by atoms with E-state index >= 15 is 0 Å². The van der Waals surface area contributed by atoms with Crippen LogP contribution in [0, 0.1) is 5.92 Å². The Balaban J connectivity index is 2.55. The van der Waals surface area contributed by atoms with Gasteiger partial charge in [-0.15, -0.1) is 0 Å². The minimum absolute atomic E-state index is 0.601. The minimum Gasteiger partial charge on any atom is -0.388 e. The molecule has 1 rings (SSSR count). The lowest BCUT2D eigenvalue weighted by molar-refractivity contribution is 0.0577. The fraction of sp³-hybridized carbons (Fsp3) is 0.786. The van der Waals surface area contributed by atoms with Crippen LogP contribution in [-0.4, -0.2) is 33.6 Å². The zero-order valence-corrected chi connectivity index (χ0v) is 12.3. The zero-order valence-electron chi connectivity index (χ0n) is 12.3. The number of rotatable bonds is 7. The molecular weight excluding hydrogens is 226 g/mol. The van der Waals surface area contributed by atoms with E-state index in [0.717, 1.165) is 24.4 Å². The van der Waals surface area contributed by atoms with Gasteiger partial charge >= 0.3 is 0 Å². The second kappa shape index (κ2) is 6.34. The van der Waals surface area contributed by atoms with Gasteiger partial charge in [-0.1, -0.05) is 20.8 Å². The Hall–Kier alpha value is -0.870. The highest BCUT2D eigenvalue weighted by molar-refractivity contribution is 5.12. The lowest BCUT2D eigenvalue weighted by Gasteiger charge is -2.24. The van der Waals surface area contributed by atoms with E-state index in [-0.39, 0.29) is 0 Å². The van der Waals surface area contributed by atoms with Gasteiger partial charge in [0.15, 0.2) is 0 Å². The second-order valence-electron chi connectivity index (χ2n) is 5.80. The topological polar surface area (TPSA) is 50.1 Å². The van der Waals surface area contributed by atoms with Gasteiger partial charge in [0, 0.05) is 25.7 Å². The van der Waals surface area contributed by atoms with Crippen molar-refractivity contribution in [2.24, 2.45) is 13.0 Å². The van der Waals surface area contributed by atoms with E-state index in [1.165, 1.54) is 0 Å². The Bertz CT molecular complexity index is 369. The van der Waals surface area contributed by atoms with Crippen molar-refractivity contribution in [3.8, 4) is 0 Å². The summed E-state index contributed by atoms with van der Waals surface area (Å²) in [7, 11) is 1.94. The first-order chi connectivity index (χ1) is 8.34. The quantitative estimate of drug-likeness (QED) is 0.774. The maximum atomic E-state index is 10.4. The van der Waals surface area contributed by atoms with Crippen molar-refractivity contribution in [1.82, 2.24) is 15.1 Å². The third-order valence-corrected chi connectivity index (χ3v) is 3.01. The van der Waals surface area contributed by atoms with E-state index < -0.39 is 5.60 Å². The van der Waals surface area contributed by atoms with Crippen LogP contribution in [0.4, 0.5) is 0 Å². The van der Waals surface area contributed by atoms with Crippen LogP contribution in [0.3, 0.4) is 0 Å². The van der Waals surface area contributed by atoms with Crippen LogP contribution < -0.4 is 5.32 Å². The average Bonchev–Trinajstić information content (AvgIpc) is 2.58. The van der Waals surface area contributed by atoms with Crippen LogP contribution in [0.5, 0.6) is 0 Å². The smallest absolute Gasteiger partial charge is 0.0798 e. The van der Waals surface area contributed by atoms with Gasteiger partial charge in [0.05, 0.1) is 11.3 Å². The molecule has 0 bridgehead atoms. The monoisotopic (exact) mass is 253 g/mol. The number of nitrogens with one attached hydrogen (secondary N) is 1. The highest BCUT2D eigenvalue weighted by Crippen LogP contribution is 2.13. The van der Waals surface area contributed by atoms with E-state index in [1.54, 1.807) is 0 Å². The Morgan fingerprint density at radius 2 is 2.17 bits per heavy atom. The lowest BCUT2D eigenvalue weighted by atomic mass is 9.99. The summed E-state index contributed by atoms with van der Waals surface area (Å²) in [6.07, 6.45) is 1.56. The Labute approximate surface area is 110 Å². The minimum atomic E-state index is -0.728. The molecule has 0 saturated heterocycles.